The van der Waals surface area contributed by atoms with Gasteiger partial charge in [0.2, 0.25) is 5.91 Å². The first kappa shape index (κ1) is 16.9. The largest absolute Gasteiger partial charge is 0.341 e. The van der Waals surface area contributed by atoms with Crippen LogP contribution in [0.4, 0.5) is 5.69 Å². The topological polar surface area (TPSA) is 76.3 Å². The maximum absolute atomic E-state index is 12.2. The zero-order valence-electron chi connectivity index (χ0n) is 12.7. The van der Waals surface area contributed by atoms with E-state index in [2.05, 4.69) is 4.98 Å². The normalized spacial score (nSPS) is 10.9. The fourth-order valence-electron chi connectivity index (χ4n) is 2.05. The molecule has 0 bridgehead atoms. The van der Waals surface area contributed by atoms with E-state index in [1.807, 2.05) is 16.8 Å². The number of aromatic nitrogens is 1. The summed E-state index contributed by atoms with van der Waals surface area (Å²) >= 11 is 4.33. The highest BCUT2D eigenvalue weighted by Gasteiger charge is 2.14. The first-order valence-corrected chi connectivity index (χ1v) is 9.70. The van der Waals surface area contributed by atoms with Gasteiger partial charge < -0.3 is 4.90 Å². The molecule has 0 saturated heterocycles. The molecule has 3 rings (SSSR count). The molecule has 1 amide bonds. The Morgan fingerprint density at radius 3 is 2.96 bits per heavy atom. The lowest BCUT2D eigenvalue weighted by molar-refractivity contribution is -0.384. The van der Waals surface area contributed by atoms with Crippen LogP contribution in [-0.4, -0.2) is 33.5 Å². The Kier molecular flexibility index (Phi) is 5.12. The number of hydrogen-bond acceptors (Lipinski definition) is 7. The van der Waals surface area contributed by atoms with Gasteiger partial charge in [-0.15, -0.1) is 11.3 Å². The zero-order valence-corrected chi connectivity index (χ0v) is 15.1. The molecule has 9 heteroatoms. The summed E-state index contributed by atoms with van der Waals surface area (Å²) in [7, 11) is 1.78. The summed E-state index contributed by atoms with van der Waals surface area (Å²) in [5.74, 6) is 0.319. The molecule has 0 aliphatic heterocycles. The second kappa shape index (κ2) is 7.29. The van der Waals surface area contributed by atoms with Crippen molar-refractivity contribution in [3.8, 4) is 0 Å². The molecule has 0 atom stereocenters. The van der Waals surface area contributed by atoms with Crippen LogP contribution in [0.15, 0.2) is 39.4 Å². The Bertz CT molecular complexity index is 877. The van der Waals surface area contributed by atoms with Crippen LogP contribution in [0.1, 0.15) is 5.56 Å². The number of nitro benzene ring substituents is 1. The molecule has 0 aliphatic carbocycles. The van der Waals surface area contributed by atoms with Crippen LogP contribution < -0.4 is 0 Å². The van der Waals surface area contributed by atoms with E-state index in [1.165, 1.54) is 35.2 Å². The smallest absolute Gasteiger partial charge is 0.270 e. The molecule has 0 N–H and O–H groups in total. The van der Waals surface area contributed by atoms with E-state index < -0.39 is 4.92 Å². The van der Waals surface area contributed by atoms with Crippen LogP contribution in [-0.2, 0) is 11.3 Å². The van der Waals surface area contributed by atoms with E-state index in [1.54, 1.807) is 29.4 Å². The van der Waals surface area contributed by atoms with Crippen LogP contribution >= 0.6 is 34.4 Å². The second-order valence-electron chi connectivity index (χ2n) is 5.06. The van der Waals surface area contributed by atoms with Crippen LogP contribution in [0.25, 0.3) is 10.2 Å². The number of non-ortho nitro benzene ring substituents is 1. The molecule has 2 aromatic heterocycles. The number of rotatable bonds is 6. The van der Waals surface area contributed by atoms with Crippen molar-refractivity contribution in [2.45, 2.75) is 10.9 Å². The molecule has 0 unspecified atom stereocenters. The predicted octanol–water partition coefficient (Wildman–Crippen LogP) is 4.02. The summed E-state index contributed by atoms with van der Waals surface area (Å²) in [6.07, 6.45) is 0. The van der Waals surface area contributed by atoms with E-state index in [9.17, 15) is 14.9 Å². The minimum Gasteiger partial charge on any atom is -0.341 e. The number of thiazole rings is 1. The summed E-state index contributed by atoms with van der Waals surface area (Å²) in [5, 5.41) is 14.8. The van der Waals surface area contributed by atoms with Gasteiger partial charge in [0, 0.05) is 25.7 Å². The molecule has 0 aliphatic rings. The zero-order chi connectivity index (χ0) is 17.1. The van der Waals surface area contributed by atoms with Gasteiger partial charge in [-0.3, -0.25) is 14.9 Å². The number of hydrogen-bond donors (Lipinski definition) is 0. The summed E-state index contributed by atoms with van der Waals surface area (Å²) in [4.78, 5) is 28.7. The van der Waals surface area contributed by atoms with Crippen LogP contribution in [0.5, 0.6) is 0 Å². The third kappa shape index (κ3) is 3.92. The van der Waals surface area contributed by atoms with Gasteiger partial charge in [0.25, 0.3) is 5.69 Å². The van der Waals surface area contributed by atoms with Crippen LogP contribution in [0, 0.1) is 10.1 Å². The fourth-order valence-corrected chi connectivity index (χ4v) is 4.75. The number of benzene rings is 1. The molecule has 0 saturated carbocycles. The summed E-state index contributed by atoms with van der Waals surface area (Å²) in [6, 6.07) is 6.60. The van der Waals surface area contributed by atoms with Crippen molar-refractivity contribution in [3.05, 3.63) is 50.7 Å². The predicted molar refractivity (Wildman–Crippen MR) is 97.8 cm³/mol. The minimum absolute atomic E-state index is 0.0245. The van der Waals surface area contributed by atoms with Crippen molar-refractivity contribution in [2.75, 3.05) is 12.8 Å². The molecule has 124 valence electrons. The minimum atomic E-state index is -0.422. The first-order chi connectivity index (χ1) is 11.5. The third-order valence-corrected chi connectivity index (χ3v) is 6.19. The highest BCUT2D eigenvalue weighted by atomic mass is 32.2. The third-order valence-electron chi connectivity index (χ3n) is 3.31. The van der Waals surface area contributed by atoms with E-state index >= 15 is 0 Å². The second-order valence-corrected chi connectivity index (χ2v) is 8.09. The van der Waals surface area contributed by atoms with Crippen molar-refractivity contribution < 1.29 is 9.72 Å². The molecule has 24 heavy (non-hydrogen) atoms. The van der Waals surface area contributed by atoms with Crippen LogP contribution in [0.3, 0.4) is 0 Å². The number of fused-ring (bicyclic) bond motifs is 1. The Morgan fingerprint density at radius 1 is 1.42 bits per heavy atom. The molecule has 0 fully saturated rings. The number of nitro groups is 1. The number of thiophene rings is 1. The average Bonchev–Trinajstić information content (AvgIpc) is 3.20. The van der Waals surface area contributed by atoms with Crippen molar-refractivity contribution in [3.63, 3.8) is 0 Å². The Labute approximate surface area is 150 Å². The van der Waals surface area contributed by atoms with Gasteiger partial charge in [0.05, 0.1) is 20.9 Å². The van der Waals surface area contributed by atoms with Gasteiger partial charge in [-0.1, -0.05) is 11.8 Å². The van der Waals surface area contributed by atoms with Crippen LogP contribution in [0.2, 0.25) is 0 Å². The molecular weight excluding hydrogens is 366 g/mol. The number of nitrogens with zero attached hydrogens (tertiary/aromatic N) is 3. The summed E-state index contributed by atoms with van der Waals surface area (Å²) in [6.45, 7) is 0.592. The number of carbonyl (C=O) groups excluding carboxylic acids is 1. The van der Waals surface area contributed by atoms with Crippen molar-refractivity contribution in [2.24, 2.45) is 0 Å². The quantitative estimate of drug-likeness (QED) is 0.367. The first-order valence-electron chi connectivity index (χ1n) is 6.96. The lowest BCUT2D eigenvalue weighted by atomic mass is 10.3. The van der Waals surface area contributed by atoms with Crippen molar-refractivity contribution in [1.29, 1.82) is 0 Å². The fraction of sp³-hybridized carbons (Fsp3) is 0.200. The van der Waals surface area contributed by atoms with E-state index in [0.29, 0.717) is 17.8 Å². The molecule has 1 aromatic carbocycles. The van der Waals surface area contributed by atoms with E-state index in [-0.39, 0.29) is 11.6 Å². The lowest BCUT2D eigenvalue weighted by Crippen LogP contribution is -2.27. The monoisotopic (exact) mass is 379 g/mol. The maximum atomic E-state index is 12.2. The summed E-state index contributed by atoms with van der Waals surface area (Å²) < 4.78 is 1.49. The van der Waals surface area contributed by atoms with Gasteiger partial charge in [-0.25, -0.2) is 4.98 Å². The number of amides is 1. The Morgan fingerprint density at radius 2 is 2.25 bits per heavy atom. The molecule has 3 aromatic rings. The Balaban J connectivity index is 1.62. The molecular formula is C15H13N3O3S3. The number of carbonyl (C=O) groups is 1. The highest BCUT2D eigenvalue weighted by Crippen LogP contribution is 2.31. The highest BCUT2D eigenvalue weighted by molar-refractivity contribution is 8.01. The van der Waals surface area contributed by atoms with Crippen molar-refractivity contribution in [1.82, 2.24) is 9.88 Å². The van der Waals surface area contributed by atoms with Gasteiger partial charge in [0.15, 0.2) is 4.34 Å². The van der Waals surface area contributed by atoms with Crippen molar-refractivity contribution >= 4 is 56.2 Å². The molecule has 0 radical (unpaired) electrons. The molecule has 6 nitrogen and oxygen atoms in total. The maximum Gasteiger partial charge on any atom is 0.270 e. The number of thioether (sulfide) groups is 1. The average molecular weight is 379 g/mol. The van der Waals surface area contributed by atoms with Gasteiger partial charge in [0.1, 0.15) is 0 Å². The summed E-state index contributed by atoms with van der Waals surface area (Å²) in [5.41, 5.74) is 1.88. The SMILES string of the molecule is CN(Cc1ccsc1)C(=O)CSc1nc2ccc([N+](=O)[O-])cc2s1. The lowest BCUT2D eigenvalue weighted by Gasteiger charge is -2.15. The van der Waals surface area contributed by atoms with Gasteiger partial charge >= 0.3 is 0 Å². The standard InChI is InChI=1S/C15H13N3O3S3/c1-17(7-10-4-5-22-8-10)14(19)9-23-15-16-12-3-2-11(18(20)21)6-13(12)24-15/h2-6,8H,7,9H2,1H3. The molecule has 2 heterocycles. The van der Waals surface area contributed by atoms with Gasteiger partial charge in [-0.05, 0) is 28.5 Å². The van der Waals surface area contributed by atoms with Gasteiger partial charge in [-0.2, -0.15) is 11.3 Å². The van der Waals surface area contributed by atoms with E-state index in [0.717, 1.165) is 14.6 Å². The van der Waals surface area contributed by atoms with E-state index in [4.69, 9.17) is 0 Å². The Hall–Kier alpha value is -1.97. The molecule has 0 spiro atoms.